The molecule has 1 aromatic heterocycles. The third kappa shape index (κ3) is 3.78. The molecule has 0 atom stereocenters. The molecule has 1 heterocycles. The van der Waals surface area contributed by atoms with E-state index in [9.17, 15) is 13.2 Å². The molecule has 0 aliphatic heterocycles. The Labute approximate surface area is 122 Å². The minimum absolute atomic E-state index is 0.106. The zero-order valence-corrected chi connectivity index (χ0v) is 12.8. The van der Waals surface area contributed by atoms with E-state index in [1.165, 1.54) is 12.8 Å². The molecule has 1 aliphatic carbocycles. The highest BCUT2D eigenvalue weighted by atomic mass is 32.2. The molecule has 3 N–H and O–H groups in total. The summed E-state index contributed by atoms with van der Waals surface area (Å²) in [5.41, 5.74) is 0.469. The van der Waals surface area contributed by atoms with Gasteiger partial charge in [0.15, 0.2) is 0 Å². The van der Waals surface area contributed by atoms with Gasteiger partial charge in [-0.25, -0.2) is 17.9 Å². The van der Waals surface area contributed by atoms with Gasteiger partial charge in [0.25, 0.3) is 0 Å². The van der Waals surface area contributed by atoms with Crippen LogP contribution in [0.2, 0.25) is 0 Å². The van der Waals surface area contributed by atoms with Gasteiger partial charge in [-0.15, -0.1) is 11.3 Å². The number of hydrogen-bond acceptors (Lipinski definition) is 5. The Bertz CT molecular complexity index is 591. The van der Waals surface area contributed by atoms with Crippen molar-refractivity contribution < 1.29 is 18.3 Å². The molecule has 0 radical (unpaired) electrons. The predicted molar refractivity (Wildman–Crippen MR) is 76.8 cm³/mol. The number of carboxylic acid groups (broad SMARTS) is 1. The standard InChI is InChI=1S/C12H18N2O4S2/c1-8-7-19-10(12(15)16)11(8)20(17,18)14-6-2-5-13-9-3-4-9/h7,9,13-14H,2-6H2,1H3,(H,15,16). The summed E-state index contributed by atoms with van der Waals surface area (Å²) < 4.78 is 26.8. The van der Waals surface area contributed by atoms with Crippen LogP contribution < -0.4 is 10.0 Å². The molecule has 0 spiro atoms. The van der Waals surface area contributed by atoms with E-state index >= 15 is 0 Å². The molecule has 0 bridgehead atoms. The minimum Gasteiger partial charge on any atom is -0.477 e. The van der Waals surface area contributed by atoms with E-state index < -0.39 is 16.0 Å². The van der Waals surface area contributed by atoms with E-state index in [2.05, 4.69) is 10.0 Å². The molecule has 0 unspecified atom stereocenters. The number of aromatic carboxylic acids is 1. The maximum Gasteiger partial charge on any atom is 0.347 e. The Hall–Kier alpha value is -0.960. The largest absolute Gasteiger partial charge is 0.477 e. The molecule has 20 heavy (non-hydrogen) atoms. The van der Waals surface area contributed by atoms with Crippen LogP contribution in [0.4, 0.5) is 0 Å². The zero-order valence-electron chi connectivity index (χ0n) is 11.2. The molecule has 0 saturated heterocycles. The molecule has 112 valence electrons. The molecule has 8 heteroatoms. The smallest absolute Gasteiger partial charge is 0.347 e. The van der Waals surface area contributed by atoms with Gasteiger partial charge in [-0.2, -0.15) is 0 Å². The fourth-order valence-electron chi connectivity index (χ4n) is 1.88. The number of sulfonamides is 1. The molecular weight excluding hydrogens is 300 g/mol. The highest BCUT2D eigenvalue weighted by Gasteiger charge is 2.26. The molecule has 2 rings (SSSR count). The van der Waals surface area contributed by atoms with Crippen LogP contribution in [0.15, 0.2) is 10.3 Å². The number of nitrogens with one attached hydrogen (secondary N) is 2. The SMILES string of the molecule is Cc1csc(C(=O)O)c1S(=O)(=O)NCCCNC1CC1. The van der Waals surface area contributed by atoms with Crippen LogP contribution in [0.1, 0.15) is 34.5 Å². The second kappa shape index (κ2) is 6.21. The van der Waals surface area contributed by atoms with E-state index in [1.807, 2.05) is 0 Å². The van der Waals surface area contributed by atoms with Crippen LogP contribution in [-0.2, 0) is 10.0 Å². The van der Waals surface area contributed by atoms with Crippen LogP contribution in [0.3, 0.4) is 0 Å². The van der Waals surface area contributed by atoms with Crippen molar-refractivity contribution in [3.8, 4) is 0 Å². The summed E-state index contributed by atoms with van der Waals surface area (Å²) in [5, 5.41) is 13.9. The average molecular weight is 318 g/mol. The first kappa shape index (κ1) is 15.4. The van der Waals surface area contributed by atoms with Crippen molar-refractivity contribution in [2.75, 3.05) is 13.1 Å². The van der Waals surface area contributed by atoms with Crippen molar-refractivity contribution in [2.24, 2.45) is 0 Å². The maximum absolute atomic E-state index is 12.2. The average Bonchev–Trinajstić information content (AvgIpc) is 3.09. The van der Waals surface area contributed by atoms with Gasteiger partial charge >= 0.3 is 5.97 Å². The minimum atomic E-state index is -3.76. The van der Waals surface area contributed by atoms with E-state index in [0.717, 1.165) is 17.9 Å². The molecule has 1 fully saturated rings. The lowest BCUT2D eigenvalue weighted by Crippen LogP contribution is -2.29. The number of rotatable bonds is 8. The molecular formula is C12H18N2O4S2. The predicted octanol–water partition coefficient (Wildman–Crippen LogP) is 1.18. The van der Waals surface area contributed by atoms with Gasteiger partial charge < -0.3 is 10.4 Å². The lowest BCUT2D eigenvalue weighted by molar-refractivity contribution is 0.0698. The highest BCUT2D eigenvalue weighted by Crippen LogP contribution is 2.26. The summed E-state index contributed by atoms with van der Waals surface area (Å²) in [6.45, 7) is 2.67. The first-order chi connectivity index (χ1) is 9.42. The fraction of sp³-hybridized carbons (Fsp3) is 0.583. The first-order valence-electron chi connectivity index (χ1n) is 6.46. The Morgan fingerprint density at radius 2 is 2.15 bits per heavy atom. The van der Waals surface area contributed by atoms with Crippen molar-refractivity contribution in [1.82, 2.24) is 10.0 Å². The summed E-state index contributed by atoms with van der Waals surface area (Å²) in [7, 11) is -3.76. The van der Waals surface area contributed by atoms with Gasteiger partial charge in [-0.1, -0.05) is 0 Å². The number of thiophene rings is 1. The molecule has 0 aromatic carbocycles. The lowest BCUT2D eigenvalue weighted by Gasteiger charge is -2.08. The molecule has 1 aromatic rings. The van der Waals surface area contributed by atoms with Gasteiger partial charge in [0.1, 0.15) is 9.77 Å². The second-order valence-corrected chi connectivity index (χ2v) is 7.45. The van der Waals surface area contributed by atoms with Crippen molar-refractivity contribution >= 4 is 27.3 Å². The van der Waals surface area contributed by atoms with E-state index in [0.29, 0.717) is 24.6 Å². The molecule has 1 aliphatic rings. The van der Waals surface area contributed by atoms with Crippen molar-refractivity contribution in [3.63, 3.8) is 0 Å². The van der Waals surface area contributed by atoms with Crippen molar-refractivity contribution in [3.05, 3.63) is 15.8 Å². The summed E-state index contributed by atoms with van der Waals surface area (Å²) in [6, 6.07) is 0.601. The van der Waals surface area contributed by atoms with E-state index in [4.69, 9.17) is 5.11 Å². The molecule has 0 amide bonds. The van der Waals surface area contributed by atoms with Crippen molar-refractivity contribution in [1.29, 1.82) is 0 Å². The Balaban J connectivity index is 1.95. The summed E-state index contributed by atoms with van der Waals surface area (Å²) in [5.74, 6) is -1.21. The zero-order chi connectivity index (χ0) is 14.8. The van der Waals surface area contributed by atoms with Crippen LogP contribution in [0.5, 0.6) is 0 Å². The highest BCUT2D eigenvalue weighted by molar-refractivity contribution is 7.89. The van der Waals surface area contributed by atoms with E-state index in [-0.39, 0.29) is 9.77 Å². The quantitative estimate of drug-likeness (QED) is 0.626. The summed E-state index contributed by atoms with van der Waals surface area (Å²) in [4.78, 5) is 10.8. The van der Waals surface area contributed by atoms with Crippen LogP contribution in [-0.4, -0.2) is 38.6 Å². The number of aryl methyl sites for hydroxylation is 1. The van der Waals surface area contributed by atoms with Gasteiger partial charge in [0.05, 0.1) is 0 Å². The monoisotopic (exact) mass is 318 g/mol. The Morgan fingerprint density at radius 3 is 2.75 bits per heavy atom. The summed E-state index contributed by atoms with van der Waals surface area (Å²) in [6.07, 6.45) is 3.07. The second-order valence-electron chi connectivity index (χ2n) is 4.86. The number of carbonyl (C=O) groups is 1. The van der Waals surface area contributed by atoms with Crippen LogP contribution in [0.25, 0.3) is 0 Å². The van der Waals surface area contributed by atoms with Crippen LogP contribution in [0, 0.1) is 6.92 Å². The first-order valence-corrected chi connectivity index (χ1v) is 8.82. The maximum atomic E-state index is 12.2. The lowest BCUT2D eigenvalue weighted by atomic mass is 10.3. The molecule has 6 nitrogen and oxygen atoms in total. The Morgan fingerprint density at radius 1 is 1.45 bits per heavy atom. The third-order valence-electron chi connectivity index (χ3n) is 3.04. The van der Waals surface area contributed by atoms with Gasteiger partial charge in [-0.05, 0) is 43.7 Å². The van der Waals surface area contributed by atoms with Gasteiger partial charge in [-0.3, -0.25) is 0 Å². The van der Waals surface area contributed by atoms with Crippen molar-refractivity contribution in [2.45, 2.75) is 37.1 Å². The topological polar surface area (TPSA) is 95.5 Å². The van der Waals surface area contributed by atoms with Crippen LogP contribution >= 0.6 is 11.3 Å². The summed E-state index contributed by atoms with van der Waals surface area (Å²) >= 11 is 0.936. The molecule has 1 saturated carbocycles. The third-order valence-corrected chi connectivity index (χ3v) is 5.90. The van der Waals surface area contributed by atoms with E-state index in [1.54, 1.807) is 12.3 Å². The van der Waals surface area contributed by atoms with Gasteiger partial charge in [0.2, 0.25) is 10.0 Å². The van der Waals surface area contributed by atoms with Gasteiger partial charge in [0, 0.05) is 12.6 Å². The normalized spacial score (nSPS) is 15.4. The Kier molecular flexibility index (Phi) is 4.79. The number of carboxylic acids is 1. The number of hydrogen-bond donors (Lipinski definition) is 3. The fourth-order valence-corrected chi connectivity index (χ4v) is 4.58.